The number of nitrogens with zero attached hydrogens (tertiary/aromatic N) is 4. The monoisotopic (exact) mass is 395 g/mol. The zero-order valence-corrected chi connectivity index (χ0v) is 17.7. The molecule has 0 saturated carbocycles. The van der Waals surface area contributed by atoms with E-state index in [4.69, 9.17) is 9.40 Å². The number of fused-ring (bicyclic) bond motifs is 1. The number of aryl methyl sites for hydroxylation is 1. The molecule has 4 rings (SSSR count). The average Bonchev–Trinajstić information content (AvgIpc) is 2.73. The van der Waals surface area contributed by atoms with Gasteiger partial charge >= 0.3 is 5.63 Å². The Morgan fingerprint density at radius 2 is 1.97 bits per heavy atom. The molecule has 1 saturated heterocycles. The quantitative estimate of drug-likeness (QED) is 0.848. The zero-order chi connectivity index (χ0) is 20.5. The summed E-state index contributed by atoms with van der Waals surface area (Å²) in [4.78, 5) is 24.4. The molecule has 2 aliphatic heterocycles. The molecule has 1 fully saturated rings. The van der Waals surface area contributed by atoms with Gasteiger partial charge in [0.15, 0.2) is 0 Å². The van der Waals surface area contributed by atoms with Crippen molar-refractivity contribution in [3.05, 3.63) is 52.0 Å². The summed E-state index contributed by atoms with van der Waals surface area (Å²) < 4.78 is 5.75. The third-order valence-corrected chi connectivity index (χ3v) is 5.67. The number of benzene rings is 1. The molecule has 154 valence electrons. The summed E-state index contributed by atoms with van der Waals surface area (Å²) in [5.74, 6) is 1.37. The van der Waals surface area contributed by atoms with Gasteiger partial charge in [0, 0.05) is 52.5 Å². The summed E-state index contributed by atoms with van der Waals surface area (Å²) in [7, 11) is 6.13. The van der Waals surface area contributed by atoms with Crippen molar-refractivity contribution in [1.82, 2.24) is 20.1 Å². The largest absolute Gasteiger partial charge is 0.403 e. The first-order valence-corrected chi connectivity index (χ1v) is 10.2. The summed E-state index contributed by atoms with van der Waals surface area (Å²) in [6.45, 7) is 6.67. The molecule has 0 bridgehead atoms. The van der Waals surface area contributed by atoms with Crippen LogP contribution < -0.4 is 15.8 Å². The lowest BCUT2D eigenvalue weighted by Crippen LogP contribution is -2.47. The summed E-state index contributed by atoms with van der Waals surface area (Å²) >= 11 is 0. The highest BCUT2D eigenvalue weighted by Gasteiger charge is 2.23. The van der Waals surface area contributed by atoms with Crippen LogP contribution in [0.5, 0.6) is 0 Å². The number of likely N-dealkylation sites (N-methyl/N-ethyl adjacent to an activating group) is 1. The Bertz CT molecular complexity index is 1030. The van der Waals surface area contributed by atoms with E-state index in [1.165, 1.54) is 0 Å². The minimum absolute atomic E-state index is 0.323. The third-order valence-electron chi connectivity index (χ3n) is 5.67. The molecule has 1 N–H and O–H groups in total. The predicted octanol–water partition coefficient (Wildman–Crippen LogP) is 1.89. The molecule has 0 atom stereocenters. The number of hydrogen-bond acceptors (Lipinski definition) is 7. The van der Waals surface area contributed by atoms with Gasteiger partial charge in [0.25, 0.3) is 0 Å². The minimum Gasteiger partial charge on any atom is -0.403 e. The summed E-state index contributed by atoms with van der Waals surface area (Å²) in [5.41, 5.74) is 3.20. The van der Waals surface area contributed by atoms with Crippen LogP contribution in [0, 0.1) is 0 Å². The number of nitrogens with one attached hydrogen (secondary N) is 1. The molecule has 2 aromatic rings. The first kappa shape index (κ1) is 19.5. The second kappa shape index (κ2) is 7.91. The van der Waals surface area contributed by atoms with E-state index < -0.39 is 0 Å². The van der Waals surface area contributed by atoms with E-state index in [1.807, 2.05) is 50.2 Å². The maximum Gasteiger partial charge on any atom is 0.347 e. The Morgan fingerprint density at radius 3 is 2.66 bits per heavy atom. The lowest BCUT2D eigenvalue weighted by Gasteiger charge is -2.37. The van der Waals surface area contributed by atoms with Gasteiger partial charge in [-0.05, 0) is 37.2 Å². The maximum absolute atomic E-state index is 12.9. The molecule has 1 aromatic carbocycles. The van der Waals surface area contributed by atoms with Crippen molar-refractivity contribution in [3.8, 4) is 0 Å². The van der Waals surface area contributed by atoms with Crippen molar-refractivity contribution in [3.63, 3.8) is 0 Å². The van der Waals surface area contributed by atoms with E-state index in [0.717, 1.165) is 61.8 Å². The Kier molecular flexibility index (Phi) is 5.32. The molecular weight excluding hydrogens is 366 g/mol. The van der Waals surface area contributed by atoms with Crippen molar-refractivity contribution in [2.75, 3.05) is 58.8 Å². The molecule has 29 heavy (non-hydrogen) atoms. The van der Waals surface area contributed by atoms with Crippen LogP contribution >= 0.6 is 0 Å². The van der Waals surface area contributed by atoms with Crippen LogP contribution in [0.4, 0.5) is 5.69 Å². The van der Waals surface area contributed by atoms with E-state index in [1.54, 1.807) is 0 Å². The predicted molar refractivity (Wildman–Crippen MR) is 117 cm³/mol. The van der Waals surface area contributed by atoms with Gasteiger partial charge in [0.2, 0.25) is 5.89 Å². The smallest absolute Gasteiger partial charge is 0.347 e. The van der Waals surface area contributed by atoms with Crippen molar-refractivity contribution in [2.45, 2.75) is 13.3 Å². The van der Waals surface area contributed by atoms with Gasteiger partial charge in [-0.3, -0.25) is 0 Å². The molecule has 1 aromatic heterocycles. The number of aromatic nitrogens is 1. The molecule has 0 radical (unpaired) electrons. The van der Waals surface area contributed by atoms with Crippen LogP contribution in [0.2, 0.25) is 0 Å². The number of piperazine rings is 1. The molecular formula is C22H29N5O2. The van der Waals surface area contributed by atoms with E-state index in [2.05, 4.69) is 22.2 Å². The highest BCUT2D eigenvalue weighted by molar-refractivity contribution is 5.86. The van der Waals surface area contributed by atoms with Crippen molar-refractivity contribution < 1.29 is 4.42 Å². The Labute approximate surface area is 171 Å². The fraction of sp³-hybridized carbons (Fsp3) is 0.455. The van der Waals surface area contributed by atoms with Gasteiger partial charge in [-0.15, -0.1) is 0 Å². The number of anilines is 1. The van der Waals surface area contributed by atoms with Crippen molar-refractivity contribution in [2.24, 2.45) is 0 Å². The van der Waals surface area contributed by atoms with Gasteiger partial charge in [0.1, 0.15) is 5.82 Å². The molecule has 7 nitrogen and oxygen atoms in total. The summed E-state index contributed by atoms with van der Waals surface area (Å²) in [6, 6.07) is 4.00. The summed E-state index contributed by atoms with van der Waals surface area (Å²) in [6.07, 6.45) is 4.80. The number of rotatable bonds is 4. The molecule has 0 aliphatic carbocycles. The minimum atomic E-state index is -0.323. The molecule has 0 unspecified atom stereocenters. The maximum atomic E-state index is 12.9. The van der Waals surface area contributed by atoms with Gasteiger partial charge in [0.05, 0.1) is 16.5 Å². The van der Waals surface area contributed by atoms with E-state index in [9.17, 15) is 4.79 Å². The van der Waals surface area contributed by atoms with Crippen LogP contribution in [0.15, 0.2) is 39.3 Å². The standard InChI is InChI=1S/C22H29N5O2/c1-5-15-13-16(25(2)3)14-18-19(15)22(28)29-21(24-18)17-7-6-8-23-20(17)27-11-9-26(4)10-12-27/h6-7,13-14,23H,5,8-12H2,1-4H3. The van der Waals surface area contributed by atoms with Crippen molar-refractivity contribution >= 4 is 22.2 Å². The first-order valence-electron chi connectivity index (χ1n) is 10.2. The summed E-state index contributed by atoms with van der Waals surface area (Å²) in [5, 5.41) is 4.04. The second-order valence-corrected chi connectivity index (χ2v) is 7.89. The van der Waals surface area contributed by atoms with E-state index in [-0.39, 0.29) is 5.63 Å². The van der Waals surface area contributed by atoms with Gasteiger partial charge in [-0.1, -0.05) is 13.0 Å². The Hall–Kier alpha value is -2.80. The van der Waals surface area contributed by atoms with Crippen molar-refractivity contribution in [1.29, 1.82) is 0 Å². The topological polar surface area (TPSA) is 64.9 Å². The molecule has 0 amide bonds. The first-order chi connectivity index (χ1) is 14.0. The number of allylic oxidation sites excluding steroid dienone is 2. The zero-order valence-electron chi connectivity index (χ0n) is 17.7. The average molecular weight is 396 g/mol. The molecule has 0 spiro atoms. The number of dihydropyridines is 1. The Morgan fingerprint density at radius 1 is 1.21 bits per heavy atom. The second-order valence-electron chi connectivity index (χ2n) is 7.89. The van der Waals surface area contributed by atoms with Gasteiger partial charge in [-0.2, -0.15) is 0 Å². The van der Waals surface area contributed by atoms with Crippen LogP contribution in [0.3, 0.4) is 0 Å². The lowest BCUT2D eigenvalue weighted by atomic mass is 10.1. The van der Waals surface area contributed by atoms with Crippen LogP contribution in [-0.2, 0) is 6.42 Å². The highest BCUT2D eigenvalue weighted by Crippen LogP contribution is 2.27. The Balaban J connectivity index is 1.85. The SMILES string of the molecule is CCc1cc(N(C)C)cc2nc(C3=C(N4CCN(C)CC4)NCC=C3)oc(=O)c12. The normalized spacial score (nSPS) is 17.7. The van der Waals surface area contributed by atoms with Gasteiger partial charge in [-0.25, -0.2) is 9.78 Å². The van der Waals surface area contributed by atoms with E-state index in [0.29, 0.717) is 16.8 Å². The molecule has 7 heteroatoms. The fourth-order valence-electron chi connectivity index (χ4n) is 3.91. The highest BCUT2D eigenvalue weighted by atomic mass is 16.4. The molecule has 2 aliphatic rings. The van der Waals surface area contributed by atoms with E-state index >= 15 is 0 Å². The van der Waals surface area contributed by atoms with Crippen LogP contribution in [0.25, 0.3) is 16.5 Å². The fourth-order valence-corrected chi connectivity index (χ4v) is 3.91. The van der Waals surface area contributed by atoms with Crippen LogP contribution in [0.1, 0.15) is 18.4 Å². The van der Waals surface area contributed by atoms with Gasteiger partial charge < -0.3 is 24.4 Å². The molecule has 3 heterocycles. The number of hydrogen-bond donors (Lipinski definition) is 1. The third kappa shape index (κ3) is 3.74. The van der Waals surface area contributed by atoms with Crippen LogP contribution in [-0.4, -0.2) is 68.7 Å². The lowest BCUT2D eigenvalue weighted by molar-refractivity contribution is 0.179.